The molecule has 0 atom stereocenters. The molecule has 0 saturated carbocycles. The van der Waals surface area contributed by atoms with Crippen molar-refractivity contribution in [3.63, 3.8) is 0 Å². The Bertz CT molecular complexity index is 3690. The Morgan fingerprint density at radius 3 is 0.618 bits per heavy atom. The van der Waals surface area contributed by atoms with E-state index in [1.807, 2.05) is 0 Å². The molecule has 3 aliphatic rings. The quantitative estimate of drug-likeness (QED) is 0.121. The van der Waals surface area contributed by atoms with Gasteiger partial charge in [-0.05, 0) is 66.6 Å². The van der Waals surface area contributed by atoms with Gasteiger partial charge in [0.25, 0.3) is 0 Å². The molecule has 13 rings (SSSR count). The summed E-state index contributed by atoms with van der Waals surface area (Å²) >= 11 is 0. The van der Waals surface area contributed by atoms with Crippen molar-refractivity contribution < 1.29 is 8.80 Å². The molecule has 0 aromatic heterocycles. The Balaban J connectivity index is 1.41. The fraction of sp³-hybridized carbons (Fsp3) is 0.0278. The van der Waals surface area contributed by atoms with Crippen LogP contribution in [-0.2, 0) is 0 Å². The lowest BCUT2D eigenvalue weighted by molar-refractivity contribution is -0.526. The fourth-order valence-electron chi connectivity index (χ4n) is 14.0. The summed E-state index contributed by atoms with van der Waals surface area (Å²) in [7, 11) is 0. The maximum atomic E-state index is 3.00. The number of hydrogen-bond donors (Lipinski definition) is 0. The average molecular weight is 971 g/mol. The number of hydrogen-bond acceptors (Lipinski definition) is 0. The van der Waals surface area contributed by atoms with E-state index in [9.17, 15) is 0 Å². The van der Waals surface area contributed by atoms with E-state index in [1.165, 1.54) is 77.9 Å². The van der Waals surface area contributed by atoms with Crippen molar-refractivity contribution in [3.8, 4) is 0 Å². The van der Waals surface area contributed by atoms with E-state index < -0.39 is 12.8 Å². The number of benzene rings is 10. The van der Waals surface area contributed by atoms with E-state index in [1.54, 1.807) is 0 Å². The van der Waals surface area contributed by atoms with Gasteiger partial charge in [0.05, 0.1) is 11.4 Å². The predicted octanol–water partition coefficient (Wildman–Crippen LogP) is 15.2. The summed E-state index contributed by atoms with van der Waals surface area (Å²) in [5.74, 6) is 0. The van der Waals surface area contributed by atoms with Crippen molar-refractivity contribution in [3.05, 3.63) is 348 Å². The third-order valence-electron chi connectivity index (χ3n) is 16.5. The van der Waals surface area contributed by atoms with E-state index in [0.717, 1.165) is 33.4 Å². The zero-order valence-corrected chi connectivity index (χ0v) is 42.9. The minimum atomic E-state index is -2.25. The third kappa shape index (κ3) is 7.20. The standard InChI is InChI=1S/C72H56B2N2/c1-53-65(55-33-13-3-14-34-55)67(57-37-17-5-18-38-57)69(59-41-21-7-22-42-59)71(61-45-25-9-26-46-61)73(63-49-29-11-30-50-63)75(53)74(64-51-31-12-32-52-64)72(62-47-27-10-28-48-62)70(60-43-23-8-24-44-60)68(58-39-19-6-20-40-58)66(54(2)76(73)74)56-35-15-4-16-36-56/h3-52H,1-2H3. The van der Waals surface area contributed by atoms with Gasteiger partial charge in [-0.25, -0.2) is 0 Å². The first-order valence-electron chi connectivity index (χ1n) is 26.7. The molecule has 10 aromatic rings. The van der Waals surface area contributed by atoms with Crippen LogP contribution < -0.4 is 10.9 Å². The zero-order valence-electron chi connectivity index (χ0n) is 42.9. The van der Waals surface area contributed by atoms with E-state index in [2.05, 4.69) is 326 Å². The summed E-state index contributed by atoms with van der Waals surface area (Å²) in [5, 5.41) is 0. The van der Waals surface area contributed by atoms with E-state index >= 15 is 0 Å². The van der Waals surface area contributed by atoms with Crippen LogP contribution in [-0.4, -0.2) is 33.1 Å². The summed E-state index contributed by atoms with van der Waals surface area (Å²) in [6.45, 7) is 4.89. The molecule has 1 saturated heterocycles. The highest BCUT2D eigenvalue weighted by Crippen LogP contribution is 2.58. The van der Waals surface area contributed by atoms with Crippen LogP contribution in [0.2, 0.25) is 0 Å². The second kappa shape index (κ2) is 19.5. The summed E-state index contributed by atoms with van der Waals surface area (Å²) in [4.78, 5) is 0. The molecule has 360 valence electrons. The van der Waals surface area contributed by atoms with Crippen molar-refractivity contribution in [2.75, 3.05) is 0 Å². The van der Waals surface area contributed by atoms with Crippen molar-refractivity contribution in [2.45, 2.75) is 13.8 Å². The molecule has 0 spiro atoms. The Morgan fingerprint density at radius 1 is 0.197 bits per heavy atom. The first-order chi connectivity index (χ1) is 37.6. The smallest absolute Gasteiger partial charge is 0.507 e. The molecule has 10 aromatic carbocycles. The molecule has 0 aliphatic carbocycles. The van der Waals surface area contributed by atoms with E-state index in [0.29, 0.717) is 0 Å². The summed E-state index contributed by atoms with van der Waals surface area (Å²) in [6.07, 6.45) is -4.50. The minimum Gasteiger partial charge on any atom is -0.544 e. The average Bonchev–Trinajstić information content (AvgIpc) is 3.69. The topological polar surface area (TPSA) is 6.02 Å². The first kappa shape index (κ1) is 46.4. The summed E-state index contributed by atoms with van der Waals surface area (Å²) < 4.78 is 6.00. The zero-order chi connectivity index (χ0) is 51.1. The molecule has 0 amide bonds. The minimum absolute atomic E-state index is 1.16. The van der Waals surface area contributed by atoms with Gasteiger partial charge in [-0.2, -0.15) is 0 Å². The Hall–Kier alpha value is -9.37. The molecule has 0 bridgehead atoms. The van der Waals surface area contributed by atoms with Gasteiger partial charge in [0.1, 0.15) is 0 Å². The normalized spacial score (nSPS) is 18.4. The number of fused-ring (bicyclic) bond motifs is 4. The van der Waals surface area contributed by atoms with Gasteiger partial charge in [-0.1, -0.05) is 314 Å². The Kier molecular flexibility index (Phi) is 11.9. The first-order valence-corrected chi connectivity index (χ1v) is 26.7. The summed E-state index contributed by atoms with van der Waals surface area (Å²) in [6, 6.07) is 113. The highest BCUT2D eigenvalue weighted by Gasteiger charge is 2.78. The van der Waals surface area contributed by atoms with Crippen molar-refractivity contribution in [1.29, 1.82) is 0 Å². The van der Waals surface area contributed by atoms with Crippen molar-refractivity contribution >= 4 is 79.6 Å². The van der Waals surface area contributed by atoms with Crippen LogP contribution in [0, 0.1) is 0 Å². The van der Waals surface area contributed by atoms with Crippen molar-refractivity contribution in [2.24, 2.45) is 0 Å². The van der Waals surface area contributed by atoms with Crippen molar-refractivity contribution in [1.82, 2.24) is 0 Å². The molecular formula is C72H56B2N2. The molecular weight excluding hydrogens is 914 g/mol. The molecule has 0 unspecified atom stereocenters. The highest BCUT2D eigenvalue weighted by molar-refractivity contribution is 7.17. The van der Waals surface area contributed by atoms with Gasteiger partial charge in [0.2, 0.25) is 0 Å². The largest absolute Gasteiger partial charge is 0.544 e. The number of rotatable bonds is 10. The van der Waals surface area contributed by atoms with Gasteiger partial charge in [-0.3, -0.25) is 0 Å². The second-order valence-electron chi connectivity index (χ2n) is 20.4. The van der Waals surface area contributed by atoms with Crippen LogP contribution in [0.15, 0.2) is 303 Å². The molecule has 3 aliphatic heterocycles. The van der Waals surface area contributed by atoms with Crippen LogP contribution in [0.1, 0.15) is 58.4 Å². The lowest BCUT2D eigenvalue weighted by atomic mass is 9.10. The Labute approximate surface area is 447 Å². The lowest BCUT2D eigenvalue weighted by Gasteiger charge is -2.66. The third-order valence-corrected chi connectivity index (χ3v) is 16.5. The molecule has 76 heavy (non-hydrogen) atoms. The predicted molar refractivity (Wildman–Crippen MR) is 324 cm³/mol. The van der Waals surface area contributed by atoms with Gasteiger partial charge < -0.3 is 8.80 Å². The van der Waals surface area contributed by atoms with E-state index in [-0.39, 0.29) is 0 Å². The highest BCUT2D eigenvalue weighted by atomic mass is 15.3. The fourth-order valence-corrected chi connectivity index (χ4v) is 14.0. The number of allylic oxidation sites excluding steroid dienone is 6. The Morgan fingerprint density at radius 2 is 0.382 bits per heavy atom. The van der Waals surface area contributed by atoms with Gasteiger partial charge >= 0.3 is 12.8 Å². The van der Waals surface area contributed by atoms with Crippen LogP contribution in [0.5, 0.6) is 0 Å². The SMILES string of the molecule is CC1=[N+]2[B-](c3ccccc3)(C(c3ccccc3)=C(c3ccccc3)C(c3ccccc3)=C1c1ccccc1)[N+]1=C(C)C(c3ccccc3)=C(c3ccccc3)C(c3ccccc3)=C(c3ccccc3)[B-]21c1ccccc1. The maximum Gasteiger partial charge on any atom is 0.507 e. The van der Waals surface area contributed by atoms with E-state index in [4.69, 9.17) is 0 Å². The van der Waals surface area contributed by atoms with Gasteiger partial charge in [0.15, 0.2) is 0 Å². The van der Waals surface area contributed by atoms with Gasteiger partial charge in [0, 0.05) is 36.1 Å². The van der Waals surface area contributed by atoms with Crippen LogP contribution in [0.3, 0.4) is 0 Å². The maximum absolute atomic E-state index is 3.00. The molecule has 4 heteroatoms. The van der Waals surface area contributed by atoms with Crippen LogP contribution in [0.4, 0.5) is 0 Å². The molecule has 2 nitrogen and oxygen atoms in total. The summed E-state index contributed by atoms with van der Waals surface area (Å²) in [5.41, 5.74) is 23.9. The monoisotopic (exact) mass is 970 g/mol. The second-order valence-corrected chi connectivity index (χ2v) is 20.4. The number of nitrogens with zero attached hydrogens (tertiary/aromatic N) is 2. The molecule has 0 N–H and O–H groups in total. The van der Waals surface area contributed by atoms with Gasteiger partial charge in [-0.15, -0.1) is 0 Å². The van der Waals surface area contributed by atoms with Crippen LogP contribution >= 0.6 is 0 Å². The lowest BCUT2D eigenvalue weighted by Crippen LogP contribution is -2.96. The van der Waals surface area contributed by atoms with Crippen LogP contribution in [0.25, 0.3) is 44.4 Å². The molecule has 3 heterocycles. The molecule has 1 fully saturated rings. The molecule has 0 radical (unpaired) electrons.